The number of hydrogen-bond donors (Lipinski definition) is 1. The van der Waals surface area contributed by atoms with Gasteiger partial charge in [0.25, 0.3) is 0 Å². The summed E-state index contributed by atoms with van der Waals surface area (Å²) < 4.78 is 5.53. The molecule has 0 aromatic heterocycles. The van der Waals surface area contributed by atoms with Gasteiger partial charge in [0.2, 0.25) is 0 Å². The zero-order valence-corrected chi connectivity index (χ0v) is 11.6. The van der Waals surface area contributed by atoms with Crippen LogP contribution in [0.3, 0.4) is 0 Å². The summed E-state index contributed by atoms with van der Waals surface area (Å²) in [5, 5.41) is 0. The van der Waals surface area contributed by atoms with Crippen molar-refractivity contribution in [3.05, 3.63) is 0 Å². The molecule has 0 radical (unpaired) electrons. The molecule has 0 aromatic carbocycles. The van der Waals surface area contributed by atoms with Gasteiger partial charge < -0.3 is 15.3 Å². The Bertz CT molecular complexity index is 291. The lowest BCUT2D eigenvalue weighted by molar-refractivity contribution is -0.156. The fraction of sp³-hybridized carbons (Fsp3) is 0.857. The van der Waals surface area contributed by atoms with Crippen LogP contribution >= 0.6 is 0 Å². The average molecular weight is 255 g/mol. The van der Waals surface area contributed by atoms with Gasteiger partial charge in [-0.3, -0.25) is 4.79 Å². The van der Waals surface area contributed by atoms with E-state index in [0.29, 0.717) is 24.0 Å². The Morgan fingerprint density at radius 3 is 2.67 bits per heavy atom. The summed E-state index contributed by atoms with van der Waals surface area (Å²) in [6.07, 6.45) is 3.79. The Morgan fingerprint density at radius 1 is 1.44 bits per heavy atom. The predicted molar refractivity (Wildman–Crippen MR) is 69.9 cm³/mol. The van der Waals surface area contributed by atoms with Crippen LogP contribution in [0.1, 0.15) is 46.5 Å². The molecular weight excluding hydrogens is 230 g/mol. The van der Waals surface area contributed by atoms with E-state index in [1.807, 2.05) is 0 Å². The van der Waals surface area contributed by atoms with Gasteiger partial charge >= 0.3 is 5.97 Å². The first-order valence-corrected chi connectivity index (χ1v) is 6.84. The van der Waals surface area contributed by atoms with Crippen molar-refractivity contribution in [2.24, 2.45) is 23.5 Å². The maximum atomic E-state index is 11.7. The SMILES string of the molecule is CC1CCC(C(C)C)C(OC(=O)CC(N)C=O)C1. The van der Waals surface area contributed by atoms with Crippen molar-refractivity contribution in [2.45, 2.75) is 58.6 Å². The summed E-state index contributed by atoms with van der Waals surface area (Å²) in [5.74, 6) is 1.18. The standard InChI is InChI=1S/C14H25NO3/c1-9(2)12-5-4-10(3)6-13(12)18-14(17)7-11(15)8-16/h8-13H,4-7,15H2,1-3H3. The van der Waals surface area contributed by atoms with Crippen LogP contribution in [0.25, 0.3) is 0 Å². The molecule has 0 aromatic rings. The molecule has 4 unspecified atom stereocenters. The molecule has 2 N–H and O–H groups in total. The van der Waals surface area contributed by atoms with Crippen LogP contribution in [0.15, 0.2) is 0 Å². The van der Waals surface area contributed by atoms with E-state index < -0.39 is 6.04 Å². The molecule has 0 amide bonds. The van der Waals surface area contributed by atoms with E-state index in [1.54, 1.807) is 0 Å². The van der Waals surface area contributed by atoms with E-state index in [4.69, 9.17) is 10.5 Å². The van der Waals surface area contributed by atoms with Crippen molar-refractivity contribution >= 4 is 12.3 Å². The minimum absolute atomic E-state index is 0.0138. The summed E-state index contributed by atoms with van der Waals surface area (Å²) in [7, 11) is 0. The van der Waals surface area contributed by atoms with Gasteiger partial charge in [-0.25, -0.2) is 0 Å². The number of nitrogens with two attached hydrogens (primary N) is 1. The van der Waals surface area contributed by atoms with Gasteiger partial charge in [0.1, 0.15) is 12.4 Å². The zero-order valence-electron chi connectivity index (χ0n) is 11.6. The highest BCUT2D eigenvalue weighted by molar-refractivity contribution is 5.75. The lowest BCUT2D eigenvalue weighted by Gasteiger charge is -2.36. The molecule has 1 fully saturated rings. The number of rotatable bonds is 5. The van der Waals surface area contributed by atoms with Crippen molar-refractivity contribution < 1.29 is 14.3 Å². The first-order chi connectivity index (χ1) is 8.43. The van der Waals surface area contributed by atoms with Crippen LogP contribution in [0, 0.1) is 17.8 Å². The van der Waals surface area contributed by atoms with Crippen LogP contribution in [0.5, 0.6) is 0 Å². The first-order valence-electron chi connectivity index (χ1n) is 6.84. The number of carbonyl (C=O) groups is 2. The minimum atomic E-state index is -0.740. The minimum Gasteiger partial charge on any atom is -0.462 e. The van der Waals surface area contributed by atoms with Gasteiger partial charge in [0, 0.05) is 0 Å². The summed E-state index contributed by atoms with van der Waals surface area (Å²) in [6.45, 7) is 6.52. The van der Waals surface area contributed by atoms with Crippen LogP contribution in [0.4, 0.5) is 0 Å². The summed E-state index contributed by atoms with van der Waals surface area (Å²) in [6, 6.07) is -0.740. The highest BCUT2D eigenvalue weighted by atomic mass is 16.5. The summed E-state index contributed by atoms with van der Waals surface area (Å²) in [4.78, 5) is 22.1. The predicted octanol–water partition coefficient (Wildman–Crippen LogP) is 1.91. The normalized spacial score (nSPS) is 29.9. The fourth-order valence-electron chi connectivity index (χ4n) is 2.71. The second kappa shape index (κ2) is 6.88. The molecule has 1 saturated carbocycles. The van der Waals surface area contributed by atoms with Crippen molar-refractivity contribution in [1.29, 1.82) is 0 Å². The Balaban J connectivity index is 2.55. The third kappa shape index (κ3) is 4.41. The molecule has 0 aliphatic heterocycles. The third-order valence-corrected chi connectivity index (χ3v) is 3.82. The monoisotopic (exact) mass is 255 g/mol. The van der Waals surface area contributed by atoms with Crippen LogP contribution in [-0.4, -0.2) is 24.4 Å². The largest absolute Gasteiger partial charge is 0.462 e. The molecule has 18 heavy (non-hydrogen) atoms. The highest BCUT2D eigenvalue weighted by Gasteiger charge is 2.33. The lowest BCUT2D eigenvalue weighted by Crippen LogP contribution is -2.37. The smallest absolute Gasteiger partial charge is 0.308 e. The highest BCUT2D eigenvalue weighted by Crippen LogP contribution is 2.35. The van der Waals surface area contributed by atoms with Crippen molar-refractivity contribution in [3.8, 4) is 0 Å². The molecule has 4 heteroatoms. The molecular formula is C14H25NO3. The average Bonchev–Trinajstić information content (AvgIpc) is 2.28. The third-order valence-electron chi connectivity index (χ3n) is 3.82. The van der Waals surface area contributed by atoms with Gasteiger partial charge in [-0.2, -0.15) is 0 Å². The topological polar surface area (TPSA) is 69.4 Å². The lowest BCUT2D eigenvalue weighted by atomic mass is 9.75. The van der Waals surface area contributed by atoms with Crippen LogP contribution in [0.2, 0.25) is 0 Å². The Hall–Kier alpha value is -0.900. The van der Waals surface area contributed by atoms with Crippen molar-refractivity contribution in [1.82, 2.24) is 0 Å². The van der Waals surface area contributed by atoms with Crippen molar-refractivity contribution in [2.75, 3.05) is 0 Å². The molecule has 0 bridgehead atoms. The van der Waals surface area contributed by atoms with E-state index in [-0.39, 0.29) is 18.5 Å². The van der Waals surface area contributed by atoms with E-state index >= 15 is 0 Å². The number of ether oxygens (including phenoxy) is 1. The Labute approximate surface area is 109 Å². The second-order valence-corrected chi connectivity index (χ2v) is 5.86. The number of hydrogen-bond acceptors (Lipinski definition) is 4. The van der Waals surface area contributed by atoms with E-state index in [0.717, 1.165) is 12.8 Å². The summed E-state index contributed by atoms with van der Waals surface area (Å²) >= 11 is 0. The van der Waals surface area contributed by atoms with E-state index in [9.17, 15) is 9.59 Å². The molecule has 0 heterocycles. The molecule has 104 valence electrons. The molecule has 4 nitrogen and oxygen atoms in total. The van der Waals surface area contributed by atoms with Crippen LogP contribution < -0.4 is 5.73 Å². The maximum Gasteiger partial charge on any atom is 0.308 e. The zero-order chi connectivity index (χ0) is 13.7. The molecule has 1 aliphatic rings. The number of esters is 1. The van der Waals surface area contributed by atoms with Gasteiger partial charge in [0.05, 0.1) is 12.5 Å². The van der Waals surface area contributed by atoms with Gasteiger partial charge in [-0.05, 0) is 30.6 Å². The van der Waals surface area contributed by atoms with E-state index in [2.05, 4.69) is 20.8 Å². The number of aldehydes is 1. The second-order valence-electron chi connectivity index (χ2n) is 5.86. The summed E-state index contributed by atoms with van der Waals surface area (Å²) in [5.41, 5.74) is 5.43. The molecule has 1 aliphatic carbocycles. The fourth-order valence-corrected chi connectivity index (χ4v) is 2.71. The van der Waals surface area contributed by atoms with Gasteiger partial charge in [0.15, 0.2) is 0 Å². The number of carbonyl (C=O) groups excluding carboxylic acids is 2. The first kappa shape index (κ1) is 15.2. The van der Waals surface area contributed by atoms with Gasteiger partial charge in [-0.1, -0.05) is 27.2 Å². The van der Waals surface area contributed by atoms with Gasteiger partial charge in [-0.15, -0.1) is 0 Å². The molecule has 0 saturated heterocycles. The Kier molecular flexibility index (Phi) is 5.79. The molecule has 4 atom stereocenters. The molecule has 0 spiro atoms. The quantitative estimate of drug-likeness (QED) is 0.602. The van der Waals surface area contributed by atoms with Crippen LogP contribution in [-0.2, 0) is 14.3 Å². The van der Waals surface area contributed by atoms with E-state index in [1.165, 1.54) is 6.42 Å². The molecule has 1 rings (SSSR count). The Morgan fingerprint density at radius 2 is 2.11 bits per heavy atom. The van der Waals surface area contributed by atoms with Crippen molar-refractivity contribution in [3.63, 3.8) is 0 Å². The maximum absolute atomic E-state index is 11.7.